The van der Waals surface area contributed by atoms with Crippen molar-refractivity contribution in [2.45, 2.75) is 110 Å². The van der Waals surface area contributed by atoms with Gasteiger partial charge in [0.2, 0.25) is 0 Å². The summed E-state index contributed by atoms with van der Waals surface area (Å²) in [4.78, 5) is 24.7. The molecule has 7 nitrogen and oxygen atoms in total. The molecule has 0 aromatic rings. The molecule has 190 valence electrons. The standard InChI is InChI=1S/C25H44O7Si/c1-8-33(9-2,10-3)32-21-13-15-25(7,29)22(30-20(6)27)12-11-18(4)24(19(5)14-16-26)31-23(28)17-21/h11-12,14,18,21-22,24,26,29H,8-10,13,15-17H2,1-7H3/b12-11+,19-14+/t18-,21+,22-,24-,25+/m0/s1. The second-order valence-electron chi connectivity index (χ2n) is 9.40. The van der Waals surface area contributed by atoms with Gasteiger partial charge in [0, 0.05) is 12.8 Å². The van der Waals surface area contributed by atoms with E-state index in [0.29, 0.717) is 12.8 Å². The van der Waals surface area contributed by atoms with E-state index in [4.69, 9.17) is 13.9 Å². The number of aliphatic hydroxyl groups excluding tert-OH is 1. The van der Waals surface area contributed by atoms with Crippen molar-refractivity contribution in [1.82, 2.24) is 0 Å². The number of carbonyl (C=O) groups is 2. The maximum atomic E-state index is 13.0. The van der Waals surface area contributed by atoms with Crippen molar-refractivity contribution < 1.29 is 33.7 Å². The summed E-state index contributed by atoms with van der Waals surface area (Å²) in [7, 11) is -2.01. The van der Waals surface area contributed by atoms with Crippen LogP contribution in [0.25, 0.3) is 0 Å². The second-order valence-corrected chi connectivity index (χ2v) is 14.1. The third-order valence-electron chi connectivity index (χ3n) is 6.81. The molecule has 1 aliphatic rings. The number of hydrogen-bond donors (Lipinski definition) is 2. The molecule has 33 heavy (non-hydrogen) atoms. The van der Waals surface area contributed by atoms with E-state index in [-0.39, 0.29) is 24.9 Å². The number of cyclic esters (lactones) is 1. The number of rotatable bonds is 8. The molecule has 5 atom stereocenters. The van der Waals surface area contributed by atoms with Crippen LogP contribution in [0.1, 0.15) is 67.7 Å². The lowest BCUT2D eigenvalue weighted by Gasteiger charge is -2.36. The first-order valence-electron chi connectivity index (χ1n) is 12.2. The van der Waals surface area contributed by atoms with Crippen molar-refractivity contribution in [2.75, 3.05) is 6.61 Å². The summed E-state index contributed by atoms with van der Waals surface area (Å²) < 4.78 is 17.9. The lowest BCUT2D eigenvalue weighted by molar-refractivity contribution is -0.157. The van der Waals surface area contributed by atoms with Crippen LogP contribution in [-0.4, -0.2) is 61.0 Å². The van der Waals surface area contributed by atoms with Gasteiger partial charge in [-0.05, 0) is 56.5 Å². The van der Waals surface area contributed by atoms with Crippen LogP contribution in [0.5, 0.6) is 0 Å². The van der Waals surface area contributed by atoms with Gasteiger partial charge < -0.3 is 24.1 Å². The summed E-state index contributed by atoms with van der Waals surface area (Å²) in [5.74, 6) is -1.11. The molecule has 0 radical (unpaired) electrons. The van der Waals surface area contributed by atoms with Crippen molar-refractivity contribution in [3.8, 4) is 0 Å². The maximum Gasteiger partial charge on any atom is 0.308 e. The summed E-state index contributed by atoms with van der Waals surface area (Å²) in [5.41, 5.74) is -0.597. The number of esters is 2. The third kappa shape index (κ3) is 9.00. The first-order chi connectivity index (χ1) is 15.4. The Bertz CT molecular complexity index is 689. The molecule has 1 aliphatic heterocycles. The highest BCUT2D eigenvalue weighted by Crippen LogP contribution is 2.31. The molecule has 0 aromatic carbocycles. The summed E-state index contributed by atoms with van der Waals surface area (Å²) in [6.45, 7) is 12.9. The minimum atomic E-state index is -2.01. The molecule has 0 saturated carbocycles. The highest BCUT2D eigenvalue weighted by Gasteiger charge is 2.38. The van der Waals surface area contributed by atoms with Crippen LogP contribution >= 0.6 is 0 Å². The number of hydrogen-bond acceptors (Lipinski definition) is 7. The quantitative estimate of drug-likeness (QED) is 0.301. The Morgan fingerprint density at radius 2 is 1.85 bits per heavy atom. The molecule has 2 N–H and O–H groups in total. The van der Waals surface area contributed by atoms with Crippen LogP contribution in [0.4, 0.5) is 0 Å². The average Bonchev–Trinajstić information content (AvgIpc) is 2.76. The second kappa shape index (κ2) is 13.4. The van der Waals surface area contributed by atoms with Gasteiger partial charge in [0.1, 0.15) is 17.8 Å². The monoisotopic (exact) mass is 484 g/mol. The van der Waals surface area contributed by atoms with Gasteiger partial charge in [0.15, 0.2) is 8.32 Å². The van der Waals surface area contributed by atoms with E-state index in [2.05, 4.69) is 20.8 Å². The van der Waals surface area contributed by atoms with Crippen LogP contribution in [0, 0.1) is 5.92 Å². The van der Waals surface area contributed by atoms with Crippen LogP contribution in [0.15, 0.2) is 23.8 Å². The zero-order chi connectivity index (χ0) is 25.2. The average molecular weight is 485 g/mol. The molecule has 8 heteroatoms. The molecule has 1 rings (SSSR count). The van der Waals surface area contributed by atoms with Crippen molar-refractivity contribution in [3.63, 3.8) is 0 Å². The molecule has 0 spiro atoms. The number of aliphatic hydroxyl groups is 2. The van der Waals surface area contributed by atoms with Crippen molar-refractivity contribution in [2.24, 2.45) is 5.92 Å². The Morgan fingerprint density at radius 3 is 2.36 bits per heavy atom. The molecule has 0 aromatic heterocycles. The van der Waals surface area contributed by atoms with E-state index in [1.807, 2.05) is 6.92 Å². The van der Waals surface area contributed by atoms with Crippen molar-refractivity contribution >= 4 is 20.3 Å². The van der Waals surface area contributed by atoms with Crippen molar-refractivity contribution in [3.05, 3.63) is 23.8 Å². The van der Waals surface area contributed by atoms with E-state index in [0.717, 1.165) is 23.7 Å². The Kier molecular flexibility index (Phi) is 12.0. The van der Waals surface area contributed by atoms with Crippen LogP contribution in [-0.2, 0) is 23.5 Å². The summed E-state index contributed by atoms with van der Waals surface area (Å²) >= 11 is 0. The predicted molar refractivity (Wildman–Crippen MR) is 131 cm³/mol. The van der Waals surface area contributed by atoms with Gasteiger partial charge in [-0.2, -0.15) is 0 Å². The van der Waals surface area contributed by atoms with E-state index < -0.39 is 38.2 Å². The maximum absolute atomic E-state index is 13.0. The minimum absolute atomic E-state index is 0.0857. The molecular formula is C25H44O7Si. The van der Waals surface area contributed by atoms with Gasteiger partial charge in [0.05, 0.1) is 19.1 Å². The lowest BCUT2D eigenvalue weighted by atomic mass is 9.89. The van der Waals surface area contributed by atoms with E-state index in [1.54, 1.807) is 32.1 Å². The van der Waals surface area contributed by atoms with Gasteiger partial charge >= 0.3 is 11.9 Å². The number of carbonyl (C=O) groups excluding carboxylic acids is 2. The fourth-order valence-electron chi connectivity index (χ4n) is 4.33. The topological polar surface area (TPSA) is 102 Å². The largest absolute Gasteiger partial charge is 0.457 e. The highest BCUT2D eigenvalue weighted by atomic mass is 28.4. The molecular weight excluding hydrogens is 440 g/mol. The van der Waals surface area contributed by atoms with Crippen LogP contribution < -0.4 is 0 Å². The van der Waals surface area contributed by atoms with E-state index in [9.17, 15) is 19.8 Å². The zero-order valence-corrected chi connectivity index (χ0v) is 22.4. The Hall–Kier alpha value is -1.48. The zero-order valence-electron chi connectivity index (χ0n) is 21.4. The number of ether oxygens (including phenoxy) is 2. The Morgan fingerprint density at radius 1 is 1.24 bits per heavy atom. The molecule has 0 aliphatic carbocycles. The molecule has 0 saturated heterocycles. The van der Waals surface area contributed by atoms with E-state index in [1.165, 1.54) is 6.92 Å². The lowest BCUT2D eigenvalue weighted by Crippen LogP contribution is -2.45. The molecule has 1 heterocycles. The minimum Gasteiger partial charge on any atom is -0.457 e. The van der Waals surface area contributed by atoms with Gasteiger partial charge in [-0.3, -0.25) is 9.59 Å². The first-order valence-corrected chi connectivity index (χ1v) is 14.7. The molecule has 0 amide bonds. The highest BCUT2D eigenvalue weighted by molar-refractivity contribution is 6.73. The van der Waals surface area contributed by atoms with Gasteiger partial charge in [-0.15, -0.1) is 0 Å². The fourth-order valence-corrected chi connectivity index (χ4v) is 7.24. The summed E-state index contributed by atoms with van der Waals surface area (Å²) in [5, 5.41) is 20.6. The van der Waals surface area contributed by atoms with Gasteiger partial charge in [-0.1, -0.05) is 39.8 Å². The van der Waals surface area contributed by atoms with E-state index >= 15 is 0 Å². The molecule has 0 unspecified atom stereocenters. The normalized spacial score (nSPS) is 31.2. The Labute approximate surface area is 200 Å². The Balaban J connectivity index is 3.39. The van der Waals surface area contributed by atoms with Crippen LogP contribution in [0.3, 0.4) is 0 Å². The van der Waals surface area contributed by atoms with Gasteiger partial charge in [-0.25, -0.2) is 0 Å². The summed E-state index contributed by atoms with van der Waals surface area (Å²) in [6, 6.07) is 2.83. The van der Waals surface area contributed by atoms with Crippen molar-refractivity contribution in [1.29, 1.82) is 0 Å². The van der Waals surface area contributed by atoms with Crippen LogP contribution in [0.2, 0.25) is 18.1 Å². The fraction of sp³-hybridized carbons (Fsp3) is 0.760. The SMILES string of the molecule is CC[Si](CC)(CC)O[C@@H]1CC[C@@](C)(O)[C@@H](OC(C)=O)/C=C/[C@H](C)[C@@H](/C(C)=C/CO)OC(=O)C1. The van der Waals surface area contributed by atoms with Gasteiger partial charge in [0.25, 0.3) is 0 Å². The first kappa shape index (κ1) is 29.5. The smallest absolute Gasteiger partial charge is 0.308 e. The third-order valence-corrected chi connectivity index (χ3v) is 11.5. The summed E-state index contributed by atoms with van der Waals surface area (Å²) in [6.07, 6.45) is 4.07. The predicted octanol–water partition coefficient (Wildman–Crippen LogP) is 4.29. The molecule has 0 fully saturated rings. The molecule has 0 bridgehead atoms.